The van der Waals surface area contributed by atoms with Gasteiger partial charge in [-0.25, -0.2) is 9.37 Å². The molecule has 1 aromatic carbocycles. The number of aromatic nitrogens is 3. The SMILES string of the molecule is CCSc1nnc(NC(=O)CSc2nc(-c3ccc(F)cc3)c(N)s2)s1. The quantitative estimate of drug-likeness (QED) is 0.430. The summed E-state index contributed by atoms with van der Waals surface area (Å²) in [7, 11) is 0. The summed E-state index contributed by atoms with van der Waals surface area (Å²) in [6, 6.07) is 5.98. The van der Waals surface area contributed by atoms with Gasteiger partial charge in [-0.1, -0.05) is 53.1 Å². The molecule has 2 aromatic heterocycles. The van der Waals surface area contributed by atoms with E-state index in [1.54, 1.807) is 23.9 Å². The zero-order valence-corrected chi connectivity index (χ0v) is 16.8. The van der Waals surface area contributed by atoms with Crippen molar-refractivity contribution in [3.05, 3.63) is 30.1 Å². The Bertz CT molecular complexity index is 896. The summed E-state index contributed by atoms with van der Waals surface area (Å²) in [4.78, 5) is 16.5. The molecule has 0 radical (unpaired) electrons. The number of nitrogen functional groups attached to an aromatic ring is 1. The number of hydrogen-bond donors (Lipinski definition) is 2. The summed E-state index contributed by atoms with van der Waals surface area (Å²) in [6.07, 6.45) is 0. The van der Waals surface area contributed by atoms with Crippen LogP contribution in [-0.4, -0.2) is 32.6 Å². The maximum atomic E-state index is 13.0. The second kappa shape index (κ2) is 8.80. The summed E-state index contributed by atoms with van der Waals surface area (Å²) in [5.41, 5.74) is 7.34. The number of thiazole rings is 1. The van der Waals surface area contributed by atoms with Crippen molar-refractivity contribution in [1.29, 1.82) is 0 Å². The number of thioether (sulfide) groups is 2. The number of carbonyl (C=O) groups is 1. The third-order valence-electron chi connectivity index (χ3n) is 3.00. The highest BCUT2D eigenvalue weighted by atomic mass is 32.2. The Balaban J connectivity index is 1.58. The second-order valence-electron chi connectivity index (χ2n) is 4.84. The minimum Gasteiger partial charge on any atom is -0.389 e. The average molecular weight is 428 g/mol. The molecule has 0 unspecified atom stereocenters. The third kappa shape index (κ3) is 4.93. The largest absolute Gasteiger partial charge is 0.389 e. The monoisotopic (exact) mass is 427 g/mol. The molecule has 11 heteroatoms. The molecule has 0 aliphatic heterocycles. The van der Waals surface area contributed by atoms with Crippen molar-refractivity contribution in [2.45, 2.75) is 15.6 Å². The molecule has 0 aliphatic carbocycles. The van der Waals surface area contributed by atoms with Crippen LogP contribution in [0, 0.1) is 5.82 Å². The van der Waals surface area contributed by atoms with Crippen LogP contribution >= 0.6 is 46.2 Å². The van der Waals surface area contributed by atoms with Gasteiger partial charge >= 0.3 is 0 Å². The molecule has 26 heavy (non-hydrogen) atoms. The van der Waals surface area contributed by atoms with Crippen molar-refractivity contribution in [3.63, 3.8) is 0 Å². The van der Waals surface area contributed by atoms with Crippen molar-refractivity contribution in [1.82, 2.24) is 15.2 Å². The molecule has 6 nitrogen and oxygen atoms in total. The molecule has 3 rings (SSSR count). The number of nitrogens with one attached hydrogen (secondary N) is 1. The highest BCUT2D eigenvalue weighted by Gasteiger charge is 2.14. The summed E-state index contributed by atoms with van der Waals surface area (Å²) < 4.78 is 14.5. The van der Waals surface area contributed by atoms with Gasteiger partial charge in [0.05, 0.1) is 5.75 Å². The molecular weight excluding hydrogens is 413 g/mol. The van der Waals surface area contributed by atoms with Gasteiger partial charge in [0.15, 0.2) is 8.68 Å². The van der Waals surface area contributed by atoms with Crippen molar-refractivity contribution < 1.29 is 9.18 Å². The van der Waals surface area contributed by atoms with Crippen LogP contribution in [0.1, 0.15) is 6.92 Å². The van der Waals surface area contributed by atoms with E-state index in [4.69, 9.17) is 5.73 Å². The van der Waals surface area contributed by atoms with Crippen LogP contribution < -0.4 is 11.1 Å². The maximum Gasteiger partial charge on any atom is 0.236 e. The summed E-state index contributed by atoms with van der Waals surface area (Å²) in [5.74, 6) is 0.591. The Morgan fingerprint density at radius 3 is 2.69 bits per heavy atom. The van der Waals surface area contributed by atoms with Gasteiger partial charge in [0.1, 0.15) is 16.5 Å². The number of nitrogens with two attached hydrogens (primary N) is 1. The summed E-state index contributed by atoms with van der Waals surface area (Å²) >= 11 is 5.52. The molecule has 3 aromatic rings. The lowest BCUT2D eigenvalue weighted by Gasteiger charge is -1.99. The fourth-order valence-electron chi connectivity index (χ4n) is 1.91. The smallest absolute Gasteiger partial charge is 0.236 e. The number of benzene rings is 1. The first kappa shape index (κ1) is 19.1. The van der Waals surface area contributed by atoms with Crippen molar-refractivity contribution in [2.24, 2.45) is 0 Å². The average Bonchev–Trinajstić information content (AvgIpc) is 3.21. The van der Waals surface area contributed by atoms with Gasteiger partial charge in [-0.3, -0.25) is 10.1 Å². The molecular formula is C15H14FN5OS4. The Morgan fingerprint density at radius 1 is 1.19 bits per heavy atom. The van der Waals surface area contributed by atoms with E-state index < -0.39 is 0 Å². The van der Waals surface area contributed by atoms with Gasteiger partial charge in [0, 0.05) is 5.56 Å². The lowest BCUT2D eigenvalue weighted by molar-refractivity contribution is -0.113. The Morgan fingerprint density at radius 2 is 1.96 bits per heavy atom. The molecule has 0 bridgehead atoms. The van der Waals surface area contributed by atoms with E-state index in [2.05, 4.69) is 20.5 Å². The number of halogens is 1. The van der Waals surface area contributed by atoms with Gasteiger partial charge < -0.3 is 5.73 Å². The minimum atomic E-state index is -0.314. The number of rotatable bonds is 7. The van der Waals surface area contributed by atoms with E-state index in [0.717, 1.165) is 15.7 Å². The Hall–Kier alpha value is -1.69. The standard InChI is InChI=1S/C15H14FN5OS4/c1-2-23-15-21-20-13(26-15)18-10(22)7-24-14-19-11(12(17)25-14)8-3-5-9(16)6-4-8/h3-6H,2,7,17H2,1H3,(H,18,20,22). The number of amides is 1. The van der Waals surface area contributed by atoms with E-state index in [9.17, 15) is 9.18 Å². The third-order valence-corrected chi connectivity index (χ3v) is 6.88. The molecule has 2 heterocycles. The maximum absolute atomic E-state index is 13.0. The molecule has 3 N–H and O–H groups in total. The lowest BCUT2D eigenvalue weighted by Crippen LogP contribution is -2.13. The first-order chi connectivity index (χ1) is 12.5. The van der Waals surface area contributed by atoms with Gasteiger partial charge in [0.25, 0.3) is 0 Å². The molecule has 0 atom stereocenters. The predicted octanol–water partition coefficient (Wildman–Crippen LogP) is 4.23. The van der Waals surface area contributed by atoms with Gasteiger partial charge in [0.2, 0.25) is 11.0 Å². The van der Waals surface area contributed by atoms with Gasteiger partial charge in [-0.15, -0.1) is 10.2 Å². The second-order valence-corrected chi connectivity index (χ2v) is 9.58. The zero-order chi connectivity index (χ0) is 18.5. The number of nitrogens with zero attached hydrogens (tertiary/aromatic N) is 3. The number of anilines is 2. The predicted molar refractivity (Wildman–Crippen MR) is 108 cm³/mol. The number of carbonyl (C=O) groups excluding carboxylic acids is 1. The minimum absolute atomic E-state index is 0.184. The highest BCUT2D eigenvalue weighted by molar-refractivity contribution is 8.01. The topological polar surface area (TPSA) is 93.8 Å². The van der Waals surface area contributed by atoms with Crippen LogP contribution in [0.15, 0.2) is 32.9 Å². The van der Waals surface area contributed by atoms with E-state index in [1.807, 2.05) is 6.92 Å². The van der Waals surface area contributed by atoms with E-state index in [0.29, 0.717) is 20.2 Å². The first-order valence-electron chi connectivity index (χ1n) is 7.46. The zero-order valence-electron chi connectivity index (χ0n) is 13.6. The molecule has 0 spiro atoms. The molecule has 1 amide bonds. The lowest BCUT2D eigenvalue weighted by atomic mass is 10.2. The van der Waals surface area contributed by atoms with E-state index >= 15 is 0 Å². The van der Waals surface area contributed by atoms with E-state index in [-0.39, 0.29) is 17.5 Å². The van der Waals surface area contributed by atoms with Crippen LogP contribution in [0.5, 0.6) is 0 Å². The van der Waals surface area contributed by atoms with Crippen molar-refractivity contribution in [2.75, 3.05) is 22.6 Å². The fourth-order valence-corrected chi connectivity index (χ4v) is 5.33. The Kier molecular flexibility index (Phi) is 6.46. The summed E-state index contributed by atoms with van der Waals surface area (Å²) in [5, 5.41) is 11.7. The van der Waals surface area contributed by atoms with Crippen LogP contribution in [-0.2, 0) is 4.79 Å². The summed E-state index contributed by atoms with van der Waals surface area (Å²) in [6.45, 7) is 2.03. The van der Waals surface area contributed by atoms with Crippen LogP contribution in [0.2, 0.25) is 0 Å². The van der Waals surface area contributed by atoms with Gasteiger partial charge in [-0.2, -0.15) is 0 Å². The molecule has 136 valence electrons. The van der Waals surface area contributed by atoms with Crippen LogP contribution in [0.3, 0.4) is 0 Å². The van der Waals surface area contributed by atoms with Crippen molar-refractivity contribution in [3.8, 4) is 11.3 Å². The molecule has 0 aliphatic rings. The van der Waals surface area contributed by atoms with Gasteiger partial charge in [-0.05, 0) is 30.0 Å². The molecule has 0 fully saturated rings. The normalized spacial score (nSPS) is 10.8. The number of hydrogen-bond acceptors (Lipinski definition) is 9. The molecule has 0 saturated heterocycles. The molecule has 0 saturated carbocycles. The highest BCUT2D eigenvalue weighted by Crippen LogP contribution is 2.35. The van der Waals surface area contributed by atoms with Crippen LogP contribution in [0.25, 0.3) is 11.3 Å². The van der Waals surface area contributed by atoms with Crippen LogP contribution in [0.4, 0.5) is 14.5 Å². The Labute approximate surface area is 165 Å². The van der Waals surface area contributed by atoms with E-state index in [1.165, 1.54) is 46.6 Å². The van der Waals surface area contributed by atoms with Crippen molar-refractivity contribution >= 4 is 62.2 Å². The first-order valence-corrected chi connectivity index (χ1v) is 11.1. The fraction of sp³-hybridized carbons (Fsp3) is 0.200.